The van der Waals surface area contributed by atoms with Gasteiger partial charge in [-0.25, -0.2) is 0 Å². The molecule has 0 spiro atoms. The highest BCUT2D eigenvalue weighted by Crippen LogP contribution is 2.45. The lowest BCUT2D eigenvalue weighted by molar-refractivity contribution is 0.0999. The lowest BCUT2D eigenvalue weighted by atomic mass is 9.81. The summed E-state index contributed by atoms with van der Waals surface area (Å²) in [5, 5.41) is 7.05. The summed E-state index contributed by atoms with van der Waals surface area (Å²) in [4.78, 5) is 26.4. The van der Waals surface area contributed by atoms with Crippen molar-refractivity contribution in [1.29, 1.82) is 0 Å². The first-order valence-corrected chi connectivity index (χ1v) is 11.7. The lowest BCUT2D eigenvalue weighted by Gasteiger charge is -2.42. The Morgan fingerprint density at radius 1 is 1.23 bits per heavy atom. The van der Waals surface area contributed by atoms with Crippen LogP contribution in [0.15, 0.2) is 24.3 Å². The number of thiophene rings is 1. The fourth-order valence-corrected chi connectivity index (χ4v) is 5.60. The van der Waals surface area contributed by atoms with Gasteiger partial charge in [0.15, 0.2) is 0 Å². The quantitative estimate of drug-likeness (QED) is 0.510. The molecule has 168 valence electrons. The van der Waals surface area contributed by atoms with Gasteiger partial charge in [-0.15, -0.1) is 11.3 Å². The Kier molecular flexibility index (Phi) is 6.76. The van der Waals surface area contributed by atoms with Gasteiger partial charge in [0, 0.05) is 21.5 Å². The van der Waals surface area contributed by atoms with Gasteiger partial charge in [-0.2, -0.15) is 0 Å². The number of amides is 2. The summed E-state index contributed by atoms with van der Waals surface area (Å²) >= 11 is 1.42. The van der Waals surface area contributed by atoms with E-state index < -0.39 is 5.91 Å². The first-order chi connectivity index (χ1) is 14.5. The van der Waals surface area contributed by atoms with E-state index in [0.29, 0.717) is 34.9 Å². The first kappa shape index (κ1) is 23.3. The van der Waals surface area contributed by atoms with Crippen molar-refractivity contribution in [3.8, 4) is 5.75 Å². The van der Waals surface area contributed by atoms with Gasteiger partial charge in [-0.1, -0.05) is 25.8 Å². The van der Waals surface area contributed by atoms with Crippen LogP contribution in [0.25, 0.3) is 0 Å². The highest BCUT2D eigenvalue weighted by atomic mass is 32.1. The van der Waals surface area contributed by atoms with Crippen LogP contribution in [-0.2, 0) is 12.0 Å². The van der Waals surface area contributed by atoms with E-state index in [4.69, 9.17) is 10.5 Å². The Hall–Kier alpha value is -2.38. The highest BCUT2D eigenvalue weighted by Gasteiger charge is 2.41. The van der Waals surface area contributed by atoms with Crippen molar-refractivity contribution in [2.45, 2.75) is 71.4 Å². The van der Waals surface area contributed by atoms with Crippen LogP contribution < -0.4 is 21.1 Å². The van der Waals surface area contributed by atoms with E-state index in [-0.39, 0.29) is 17.0 Å². The third-order valence-corrected chi connectivity index (χ3v) is 6.90. The maximum absolute atomic E-state index is 13.0. The third kappa shape index (κ3) is 5.28. The Morgan fingerprint density at radius 3 is 2.65 bits per heavy atom. The van der Waals surface area contributed by atoms with E-state index in [0.717, 1.165) is 29.7 Å². The molecule has 0 saturated carbocycles. The minimum atomic E-state index is -0.519. The van der Waals surface area contributed by atoms with Crippen LogP contribution in [0.4, 0.5) is 5.00 Å². The first-order valence-electron chi connectivity index (χ1n) is 10.8. The predicted molar refractivity (Wildman–Crippen MR) is 126 cm³/mol. The smallest absolute Gasteiger partial charge is 0.256 e. The third-order valence-electron chi connectivity index (χ3n) is 5.43. The minimum Gasteiger partial charge on any atom is -0.494 e. The molecule has 0 bridgehead atoms. The number of nitrogens with two attached hydrogens (primary N) is 1. The summed E-state index contributed by atoms with van der Waals surface area (Å²) in [7, 11) is 0. The van der Waals surface area contributed by atoms with Crippen molar-refractivity contribution in [2.75, 3.05) is 11.9 Å². The molecule has 0 aliphatic carbocycles. The van der Waals surface area contributed by atoms with Gasteiger partial charge >= 0.3 is 0 Å². The van der Waals surface area contributed by atoms with E-state index in [1.807, 2.05) is 6.07 Å². The number of carbonyl (C=O) groups is 2. The predicted octanol–water partition coefficient (Wildman–Crippen LogP) is 4.83. The zero-order valence-corrected chi connectivity index (χ0v) is 19.9. The Balaban J connectivity index is 1.86. The summed E-state index contributed by atoms with van der Waals surface area (Å²) in [5.41, 5.74) is 7.06. The molecule has 2 amide bonds. The minimum absolute atomic E-state index is 0.188. The SMILES string of the molecule is CCCCCOc1cccc(C(=O)Nc2sc3c(c2C(N)=O)CC(C)(C)NC3(C)C)c1. The van der Waals surface area contributed by atoms with Gasteiger partial charge in [0.1, 0.15) is 10.8 Å². The topological polar surface area (TPSA) is 93.4 Å². The molecule has 0 unspecified atom stereocenters. The van der Waals surface area contributed by atoms with Crippen LogP contribution >= 0.6 is 11.3 Å². The Bertz CT molecular complexity index is 978. The van der Waals surface area contributed by atoms with Gasteiger partial charge in [0.25, 0.3) is 11.8 Å². The molecule has 0 fully saturated rings. The van der Waals surface area contributed by atoms with Crippen LogP contribution in [0.3, 0.4) is 0 Å². The van der Waals surface area contributed by atoms with Gasteiger partial charge in [0.05, 0.1) is 12.2 Å². The molecule has 0 saturated heterocycles. The van der Waals surface area contributed by atoms with Crippen LogP contribution in [0.1, 0.15) is 85.0 Å². The van der Waals surface area contributed by atoms with Crippen molar-refractivity contribution in [3.63, 3.8) is 0 Å². The van der Waals surface area contributed by atoms with Gasteiger partial charge in [0.2, 0.25) is 0 Å². The average Bonchev–Trinajstić information content (AvgIpc) is 3.02. The number of rotatable bonds is 8. The second-order valence-corrected chi connectivity index (χ2v) is 10.3. The highest BCUT2D eigenvalue weighted by molar-refractivity contribution is 7.17. The molecule has 6 nitrogen and oxygen atoms in total. The number of hydrogen-bond donors (Lipinski definition) is 3. The maximum Gasteiger partial charge on any atom is 0.256 e. The number of carbonyl (C=O) groups excluding carboxylic acids is 2. The number of primary amides is 1. The number of ether oxygens (including phenoxy) is 1. The number of nitrogens with one attached hydrogen (secondary N) is 2. The van der Waals surface area contributed by atoms with E-state index in [1.165, 1.54) is 11.3 Å². The zero-order chi connectivity index (χ0) is 22.8. The molecule has 2 aromatic rings. The molecule has 31 heavy (non-hydrogen) atoms. The fourth-order valence-electron chi connectivity index (χ4n) is 4.32. The maximum atomic E-state index is 13.0. The molecule has 4 N–H and O–H groups in total. The number of anilines is 1. The second kappa shape index (κ2) is 9.01. The number of fused-ring (bicyclic) bond motifs is 1. The monoisotopic (exact) mass is 443 g/mol. The second-order valence-electron chi connectivity index (χ2n) is 9.33. The molecule has 0 atom stereocenters. The molecule has 0 radical (unpaired) electrons. The van der Waals surface area contributed by atoms with Crippen LogP contribution in [-0.4, -0.2) is 24.0 Å². The molecule has 1 aromatic carbocycles. The molecule has 3 rings (SSSR count). The normalized spacial score (nSPS) is 16.4. The van der Waals surface area contributed by atoms with Crippen molar-refractivity contribution in [1.82, 2.24) is 5.32 Å². The summed E-state index contributed by atoms with van der Waals surface area (Å²) in [5.74, 6) is -0.143. The summed E-state index contributed by atoms with van der Waals surface area (Å²) in [6, 6.07) is 7.11. The van der Waals surface area contributed by atoms with Crippen molar-refractivity contribution >= 4 is 28.2 Å². The lowest BCUT2D eigenvalue weighted by Crippen LogP contribution is -2.55. The van der Waals surface area contributed by atoms with Crippen LogP contribution in [0.2, 0.25) is 0 Å². The largest absolute Gasteiger partial charge is 0.494 e. The fraction of sp³-hybridized carbons (Fsp3) is 0.500. The number of hydrogen-bond acceptors (Lipinski definition) is 5. The van der Waals surface area contributed by atoms with Crippen LogP contribution in [0.5, 0.6) is 5.75 Å². The summed E-state index contributed by atoms with van der Waals surface area (Å²) < 4.78 is 5.77. The average molecular weight is 444 g/mol. The molecular formula is C24H33N3O3S. The van der Waals surface area contributed by atoms with E-state index >= 15 is 0 Å². The summed E-state index contributed by atoms with van der Waals surface area (Å²) in [6.45, 7) is 11.1. The standard InChI is InChI=1S/C24H33N3O3S/c1-6-7-8-12-30-16-11-9-10-15(13-16)21(29)26-22-18(20(25)28)17-14-23(2,3)27-24(4,5)19(17)31-22/h9-11,13,27H,6-8,12,14H2,1-5H3,(H2,25,28)(H,26,29). The molecule has 1 aromatic heterocycles. The Labute approximate surface area is 188 Å². The number of benzene rings is 1. The molecular weight excluding hydrogens is 410 g/mol. The van der Waals surface area contributed by atoms with E-state index in [1.54, 1.807) is 18.2 Å². The summed E-state index contributed by atoms with van der Waals surface area (Å²) in [6.07, 6.45) is 3.89. The molecule has 2 heterocycles. The van der Waals surface area contributed by atoms with E-state index in [2.05, 4.69) is 45.3 Å². The van der Waals surface area contributed by atoms with Gasteiger partial charge < -0.3 is 21.1 Å². The molecule has 7 heteroatoms. The van der Waals surface area contributed by atoms with Gasteiger partial charge in [-0.05, 0) is 64.3 Å². The van der Waals surface area contributed by atoms with Crippen molar-refractivity contribution in [3.05, 3.63) is 45.8 Å². The number of unbranched alkanes of at least 4 members (excludes halogenated alkanes) is 2. The molecule has 1 aliphatic heterocycles. The molecule has 1 aliphatic rings. The van der Waals surface area contributed by atoms with E-state index in [9.17, 15) is 9.59 Å². The Morgan fingerprint density at radius 2 is 1.97 bits per heavy atom. The van der Waals surface area contributed by atoms with Crippen molar-refractivity contribution in [2.24, 2.45) is 5.73 Å². The van der Waals surface area contributed by atoms with Crippen molar-refractivity contribution < 1.29 is 14.3 Å². The van der Waals surface area contributed by atoms with Gasteiger partial charge in [-0.3, -0.25) is 9.59 Å². The zero-order valence-electron chi connectivity index (χ0n) is 19.1. The van der Waals surface area contributed by atoms with Crippen LogP contribution in [0, 0.1) is 0 Å².